The molecule has 1 aromatic rings. The van der Waals surface area contributed by atoms with Crippen LogP contribution in [-0.4, -0.2) is 40.6 Å². The fourth-order valence-electron chi connectivity index (χ4n) is 2.12. The zero-order valence-electron chi connectivity index (χ0n) is 13.8. The number of methoxy groups -OCH3 is 1. The van der Waals surface area contributed by atoms with E-state index in [-0.39, 0.29) is 6.04 Å². The molecule has 1 aromatic carbocycles. The molecule has 1 atom stereocenters. The van der Waals surface area contributed by atoms with E-state index in [0.717, 1.165) is 30.8 Å². The van der Waals surface area contributed by atoms with Gasteiger partial charge in [0.15, 0.2) is 0 Å². The molecule has 0 saturated carbocycles. The van der Waals surface area contributed by atoms with Gasteiger partial charge in [-0.25, -0.2) is 0 Å². The predicted molar refractivity (Wildman–Crippen MR) is 86.1 cm³/mol. The maximum Gasteiger partial charge on any atom is 0.123 e. The summed E-state index contributed by atoms with van der Waals surface area (Å²) in [5.41, 5.74) is 2.35. The molecule has 0 aliphatic rings. The zero-order valence-corrected chi connectivity index (χ0v) is 13.8. The van der Waals surface area contributed by atoms with Crippen molar-refractivity contribution in [2.24, 2.45) is 0 Å². The lowest BCUT2D eigenvalue weighted by Crippen LogP contribution is -2.23. The van der Waals surface area contributed by atoms with Crippen molar-refractivity contribution in [3.05, 3.63) is 29.3 Å². The van der Waals surface area contributed by atoms with E-state index in [1.54, 1.807) is 7.11 Å². The number of ether oxygens (including phenoxy) is 3. The minimum atomic E-state index is 0.121. The Bertz CT molecular complexity index is 396. The number of hydrogen-bond acceptors (Lipinski definition) is 4. The molecule has 120 valence electrons. The van der Waals surface area contributed by atoms with E-state index in [1.807, 2.05) is 13.1 Å². The van der Waals surface area contributed by atoms with Crippen LogP contribution < -0.4 is 10.1 Å². The summed E-state index contributed by atoms with van der Waals surface area (Å²) < 4.78 is 16.6. The summed E-state index contributed by atoms with van der Waals surface area (Å²) in [6, 6.07) is 6.32. The fraction of sp³-hybridized carbons (Fsp3) is 0.647. The maximum absolute atomic E-state index is 5.72. The molecule has 1 rings (SSSR count). The molecule has 4 nitrogen and oxygen atoms in total. The summed E-state index contributed by atoms with van der Waals surface area (Å²) >= 11 is 0. The van der Waals surface area contributed by atoms with Crippen LogP contribution in [0.4, 0.5) is 0 Å². The van der Waals surface area contributed by atoms with Gasteiger partial charge in [-0.1, -0.05) is 31.0 Å². The van der Waals surface area contributed by atoms with E-state index in [0.29, 0.717) is 19.8 Å². The Morgan fingerprint density at radius 2 is 1.90 bits per heavy atom. The van der Waals surface area contributed by atoms with Gasteiger partial charge in [-0.2, -0.15) is 0 Å². The SMILES string of the molecule is CCCCOCCOCC(NC)c1cc(C)ccc1OC. The Balaban J connectivity index is 2.42. The van der Waals surface area contributed by atoms with Crippen molar-refractivity contribution >= 4 is 0 Å². The fourth-order valence-corrected chi connectivity index (χ4v) is 2.12. The number of benzene rings is 1. The van der Waals surface area contributed by atoms with Crippen LogP contribution in [0.2, 0.25) is 0 Å². The van der Waals surface area contributed by atoms with E-state index in [1.165, 1.54) is 5.56 Å². The number of rotatable bonds is 11. The summed E-state index contributed by atoms with van der Waals surface area (Å²) in [4.78, 5) is 0. The number of likely N-dealkylation sites (N-methyl/N-ethyl adjacent to an activating group) is 1. The average molecular weight is 295 g/mol. The minimum absolute atomic E-state index is 0.121. The van der Waals surface area contributed by atoms with Crippen LogP contribution in [0.5, 0.6) is 5.75 Å². The molecular formula is C17H29NO3. The summed E-state index contributed by atoms with van der Waals surface area (Å²) in [5.74, 6) is 0.891. The van der Waals surface area contributed by atoms with Gasteiger partial charge in [-0.15, -0.1) is 0 Å². The lowest BCUT2D eigenvalue weighted by Gasteiger charge is -2.20. The first kappa shape index (κ1) is 18.0. The zero-order chi connectivity index (χ0) is 15.5. The van der Waals surface area contributed by atoms with E-state index in [2.05, 4.69) is 31.3 Å². The van der Waals surface area contributed by atoms with Gasteiger partial charge >= 0.3 is 0 Å². The third-order valence-corrected chi connectivity index (χ3v) is 3.41. The second-order valence-electron chi connectivity index (χ2n) is 5.13. The number of nitrogens with one attached hydrogen (secondary N) is 1. The Morgan fingerprint density at radius 1 is 1.14 bits per heavy atom. The van der Waals surface area contributed by atoms with Crippen LogP contribution in [0, 0.1) is 6.92 Å². The molecule has 0 fully saturated rings. The molecule has 21 heavy (non-hydrogen) atoms. The standard InChI is InChI=1S/C17H29NO3/c1-5-6-9-20-10-11-21-13-16(18-3)15-12-14(2)7-8-17(15)19-4/h7-8,12,16,18H,5-6,9-11,13H2,1-4H3. The topological polar surface area (TPSA) is 39.7 Å². The van der Waals surface area contributed by atoms with Crippen molar-refractivity contribution in [1.82, 2.24) is 5.32 Å². The first-order valence-electron chi connectivity index (χ1n) is 7.70. The molecule has 0 saturated heterocycles. The molecule has 0 aromatic heterocycles. The highest BCUT2D eigenvalue weighted by molar-refractivity contribution is 5.39. The van der Waals surface area contributed by atoms with Crippen LogP contribution in [0.25, 0.3) is 0 Å². The second-order valence-corrected chi connectivity index (χ2v) is 5.13. The molecule has 1 N–H and O–H groups in total. The van der Waals surface area contributed by atoms with Crippen molar-refractivity contribution < 1.29 is 14.2 Å². The van der Waals surface area contributed by atoms with E-state index < -0.39 is 0 Å². The molecular weight excluding hydrogens is 266 g/mol. The van der Waals surface area contributed by atoms with Crippen LogP contribution in [0.1, 0.15) is 36.9 Å². The Labute approximate surface area is 128 Å². The average Bonchev–Trinajstić information content (AvgIpc) is 2.50. The van der Waals surface area contributed by atoms with Crippen LogP contribution in [-0.2, 0) is 9.47 Å². The molecule has 0 bridgehead atoms. The minimum Gasteiger partial charge on any atom is -0.496 e. The predicted octanol–water partition coefficient (Wildman–Crippen LogP) is 3.10. The monoisotopic (exact) mass is 295 g/mol. The molecule has 0 spiro atoms. The summed E-state index contributed by atoms with van der Waals surface area (Å²) in [6.45, 7) is 6.94. The van der Waals surface area contributed by atoms with Gasteiger partial charge in [0.1, 0.15) is 5.75 Å². The van der Waals surface area contributed by atoms with Gasteiger partial charge in [0.2, 0.25) is 0 Å². The van der Waals surface area contributed by atoms with Crippen molar-refractivity contribution in [2.45, 2.75) is 32.7 Å². The largest absolute Gasteiger partial charge is 0.496 e. The summed E-state index contributed by atoms with van der Waals surface area (Å²) in [7, 11) is 3.64. The summed E-state index contributed by atoms with van der Waals surface area (Å²) in [5, 5.41) is 3.29. The van der Waals surface area contributed by atoms with Gasteiger partial charge < -0.3 is 19.5 Å². The Kier molecular flexibility index (Phi) is 9.06. The van der Waals surface area contributed by atoms with Gasteiger partial charge in [-0.05, 0) is 26.5 Å². The summed E-state index contributed by atoms with van der Waals surface area (Å²) in [6.07, 6.45) is 2.27. The van der Waals surface area contributed by atoms with Crippen LogP contribution in [0.3, 0.4) is 0 Å². The molecule has 0 heterocycles. The van der Waals surface area contributed by atoms with E-state index >= 15 is 0 Å². The molecule has 0 aliphatic heterocycles. The smallest absolute Gasteiger partial charge is 0.123 e. The van der Waals surface area contributed by atoms with Crippen LogP contribution in [0.15, 0.2) is 18.2 Å². The van der Waals surface area contributed by atoms with E-state index in [9.17, 15) is 0 Å². The molecule has 0 aliphatic carbocycles. The lowest BCUT2D eigenvalue weighted by molar-refractivity contribution is 0.0386. The lowest BCUT2D eigenvalue weighted by atomic mass is 10.0. The Morgan fingerprint density at radius 3 is 2.57 bits per heavy atom. The van der Waals surface area contributed by atoms with Crippen LogP contribution >= 0.6 is 0 Å². The number of aryl methyl sites for hydroxylation is 1. The van der Waals surface area contributed by atoms with Crippen molar-refractivity contribution in [2.75, 3.05) is 40.6 Å². The first-order valence-corrected chi connectivity index (χ1v) is 7.70. The quantitative estimate of drug-likeness (QED) is 0.637. The molecule has 1 unspecified atom stereocenters. The molecule has 0 amide bonds. The van der Waals surface area contributed by atoms with Gasteiger partial charge in [-0.3, -0.25) is 0 Å². The van der Waals surface area contributed by atoms with Crippen molar-refractivity contribution in [1.29, 1.82) is 0 Å². The Hall–Kier alpha value is -1.10. The van der Waals surface area contributed by atoms with Crippen molar-refractivity contribution in [3.8, 4) is 5.75 Å². The maximum atomic E-state index is 5.72. The highest BCUT2D eigenvalue weighted by atomic mass is 16.5. The normalized spacial score (nSPS) is 12.4. The highest BCUT2D eigenvalue weighted by Crippen LogP contribution is 2.26. The number of hydrogen-bond donors (Lipinski definition) is 1. The molecule has 4 heteroatoms. The molecule has 0 radical (unpaired) electrons. The second kappa shape index (κ2) is 10.6. The van der Waals surface area contributed by atoms with E-state index in [4.69, 9.17) is 14.2 Å². The third-order valence-electron chi connectivity index (χ3n) is 3.41. The third kappa shape index (κ3) is 6.46. The first-order chi connectivity index (χ1) is 10.2. The van der Waals surface area contributed by atoms with Gasteiger partial charge in [0.25, 0.3) is 0 Å². The highest BCUT2D eigenvalue weighted by Gasteiger charge is 2.14. The number of unbranched alkanes of at least 4 members (excludes halogenated alkanes) is 1. The van der Waals surface area contributed by atoms with Gasteiger partial charge in [0, 0.05) is 12.2 Å². The van der Waals surface area contributed by atoms with Gasteiger partial charge in [0.05, 0.1) is 33.0 Å². The van der Waals surface area contributed by atoms with Crippen molar-refractivity contribution in [3.63, 3.8) is 0 Å².